The van der Waals surface area contributed by atoms with E-state index in [4.69, 9.17) is 46.7 Å². The number of imidazole rings is 1. The maximum atomic E-state index is 16.0. The first-order valence-electron chi connectivity index (χ1n) is 33.1. The van der Waals surface area contributed by atoms with Gasteiger partial charge in [0.1, 0.15) is 53.8 Å². The Labute approximate surface area is 600 Å². The summed E-state index contributed by atoms with van der Waals surface area (Å²) in [6.45, 7) is -1.77. The molecule has 0 spiro atoms. The lowest BCUT2D eigenvalue weighted by molar-refractivity contribution is -0.0961. The molecule has 0 radical (unpaired) electrons. The molecule has 2 saturated heterocycles. The number of methoxy groups -OCH3 is 2. The number of carbonyl (C=O) groups is 5. The average Bonchev–Trinajstić information content (AvgIpc) is 1.69. The molecule has 13 rings (SSSR count). The fraction of sp³-hybridized carbons (Fsp3) is 0.192. The number of rotatable bonds is 27. The molecule has 105 heavy (non-hydrogen) atoms. The number of hydrogen-bond acceptors (Lipinski definition) is 22. The fourth-order valence-electron chi connectivity index (χ4n) is 12.3. The molecular weight excluding hydrogens is 1370 g/mol. The molecule has 2 aliphatic rings. The van der Waals surface area contributed by atoms with Crippen LogP contribution in [0.3, 0.4) is 0 Å². The van der Waals surface area contributed by atoms with Crippen molar-refractivity contribution < 1.29 is 75.3 Å². The van der Waals surface area contributed by atoms with E-state index in [2.05, 4.69) is 25.3 Å². The number of amides is 3. The largest absolute Gasteiger partial charge is 0.497 e. The van der Waals surface area contributed by atoms with Crippen molar-refractivity contribution in [3.8, 4) is 17.6 Å². The molecule has 3 amide bonds. The van der Waals surface area contributed by atoms with Gasteiger partial charge in [-0.1, -0.05) is 146 Å². The smallest absolute Gasteiger partial charge is 0.475 e. The summed E-state index contributed by atoms with van der Waals surface area (Å²) in [5, 5.41) is 12.6. The standard InChI is InChI=1S/C78H66N9O17P/c1-95-59-38-34-57(35-39-59)78(56-32-19-8-20-33-56,58-36-40-60(96-2)41-37-58)97-47-62-61(46-65(100-62)85-44-42-64(84-77(85)93)83-71(88)51-22-9-3-10-23-51)104-105(94,98-45-21-43-79)99-48-63-67(102-75(91)54-28-15-6-16-29-54)68(103-76(92)55-30-17-7-18-31-55)74(101-63)86-50-82-66-69(86)80-49-81-70(66)87(72(89)52-24-11-4-12-25-52)73(90)53-26-13-5-14-27-53/h3-20,22-42,44,49-50,61-63,65,67-68,74H,21,45-48H2,1-2H3,(H,83,84,88,93)/t61-,62+,63+,65+,67+,68+,74+,105?/m0/s1. The van der Waals surface area contributed by atoms with Crippen LogP contribution in [-0.4, -0.2) is 123 Å². The van der Waals surface area contributed by atoms with Gasteiger partial charge in [0.25, 0.3) is 17.7 Å². The van der Waals surface area contributed by atoms with Crippen LogP contribution in [0.5, 0.6) is 11.5 Å². The van der Waals surface area contributed by atoms with Crippen LogP contribution in [0.15, 0.2) is 260 Å². The molecule has 5 heterocycles. The zero-order chi connectivity index (χ0) is 72.9. The molecule has 530 valence electrons. The normalized spacial score (nSPS) is 18.2. The first kappa shape index (κ1) is 71.2. The van der Waals surface area contributed by atoms with Crippen LogP contribution in [-0.2, 0) is 47.4 Å². The van der Waals surface area contributed by atoms with Crippen LogP contribution in [0.25, 0.3) is 11.2 Å². The Bertz CT molecular complexity index is 4930. The molecule has 0 saturated carbocycles. The van der Waals surface area contributed by atoms with Crippen molar-refractivity contribution in [1.82, 2.24) is 29.1 Å². The minimum absolute atomic E-state index is 0.0658. The molecule has 0 aliphatic carbocycles. The summed E-state index contributed by atoms with van der Waals surface area (Å²) in [4.78, 5) is 105. The third-order valence-corrected chi connectivity index (χ3v) is 18.9. The number of hydrogen-bond donors (Lipinski definition) is 1. The van der Waals surface area contributed by atoms with E-state index < -0.39 is 105 Å². The highest BCUT2D eigenvalue weighted by Crippen LogP contribution is 2.55. The molecule has 8 aromatic carbocycles. The third kappa shape index (κ3) is 15.8. The Balaban J connectivity index is 0.884. The van der Waals surface area contributed by atoms with Crippen LogP contribution in [0, 0.1) is 11.3 Å². The van der Waals surface area contributed by atoms with E-state index in [0.29, 0.717) is 33.8 Å². The van der Waals surface area contributed by atoms with Crippen LogP contribution >= 0.6 is 7.82 Å². The zero-order valence-electron chi connectivity index (χ0n) is 56.3. The summed E-state index contributed by atoms with van der Waals surface area (Å²) in [6.07, 6.45) is -7.36. The van der Waals surface area contributed by atoms with Crippen LogP contribution in [0.4, 0.5) is 11.6 Å². The van der Waals surface area contributed by atoms with E-state index >= 15 is 4.57 Å². The van der Waals surface area contributed by atoms with Crippen molar-refractivity contribution in [2.24, 2.45) is 0 Å². The molecule has 26 nitrogen and oxygen atoms in total. The maximum absolute atomic E-state index is 16.0. The van der Waals surface area contributed by atoms with Gasteiger partial charge in [-0.2, -0.15) is 10.2 Å². The second-order valence-corrected chi connectivity index (χ2v) is 25.5. The highest BCUT2D eigenvalue weighted by atomic mass is 31.2. The molecule has 3 aromatic heterocycles. The number of imide groups is 1. The number of nitrogens with zero attached hydrogens (tertiary/aromatic N) is 8. The number of phosphoric ester groups is 1. The summed E-state index contributed by atoms with van der Waals surface area (Å²) < 4.78 is 82.5. The minimum Gasteiger partial charge on any atom is -0.497 e. The summed E-state index contributed by atoms with van der Waals surface area (Å²) in [5.74, 6) is -3.05. The number of carbonyl (C=O) groups excluding carboxylic acids is 5. The summed E-state index contributed by atoms with van der Waals surface area (Å²) in [6, 6.07) is 67.6. The van der Waals surface area contributed by atoms with E-state index in [1.165, 1.54) is 71.7 Å². The monoisotopic (exact) mass is 1430 g/mol. The molecule has 1 N–H and O–H groups in total. The highest BCUT2D eigenvalue weighted by molar-refractivity contribution is 7.48. The number of benzene rings is 8. The number of nitriles is 1. The minimum atomic E-state index is -5.15. The Kier molecular flexibility index (Phi) is 22.0. The lowest BCUT2D eigenvalue weighted by Crippen LogP contribution is -2.41. The van der Waals surface area contributed by atoms with Gasteiger partial charge in [-0.3, -0.25) is 37.1 Å². The van der Waals surface area contributed by atoms with E-state index in [1.807, 2.05) is 60.7 Å². The number of nitrogens with one attached hydrogen (secondary N) is 1. The Morgan fingerprint density at radius 3 is 1.64 bits per heavy atom. The SMILES string of the molecule is COc1ccc(C(OC[C@H]2O[C@@H](n3ccc(NC(=O)c4ccccc4)nc3=O)C[C@@H]2OP(=O)(OCCC#N)OC[C@H]2O[C@@H](n3cnc4c(N(C(=O)c5ccccc5)C(=O)c5ccccc5)ncnc43)[C@H](OC(=O)c3ccccc3)[C@@H]2OC(=O)c2ccccc2)(c2ccccc2)c2ccc(OC)cc2)cc1. The van der Waals surface area contributed by atoms with E-state index in [9.17, 15) is 34.0 Å². The van der Waals surface area contributed by atoms with Crippen molar-refractivity contribution in [3.63, 3.8) is 0 Å². The van der Waals surface area contributed by atoms with Gasteiger partial charge in [-0.05, 0) is 108 Å². The molecular formula is C78H66N9O17P. The van der Waals surface area contributed by atoms with Gasteiger partial charge >= 0.3 is 25.5 Å². The first-order valence-corrected chi connectivity index (χ1v) is 34.6. The molecule has 1 unspecified atom stereocenters. The van der Waals surface area contributed by atoms with Gasteiger partial charge in [0.05, 0.1) is 64.0 Å². The molecule has 27 heteroatoms. The lowest BCUT2D eigenvalue weighted by Gasteiger charge is -2.37. The molecule has 11 aromatic rings. The van der Waals surface area contributed by atoms with Gasteiger partial charge < -0.3 is 38.5 Å². The van der Waals surface area contributed by atoms with Crippen molar-refractivity contribution in [3.05, 3.63) is 310 Å². The predicted molar refractivity (Wildman–Crippen MR) is 379 cm³/mol. The molecule has 0 bridgehead atoms. The Hall–Kier alpha value is -12.2. The Morgan fingerprint density at radius 2 is 1.10 bits per heavy atom. The van der Waals surface area contributed by atoms with Crippen molar-refractivity contribution in [2.75, 3.05) is 44.3 Å². The fourth-order valence-corrected chi connectivity index (χ4v) is 13.7. The van der Waals surface area contributed by atoms with Crippen molar-refractivity contribution >= 4 is 60.3 Å². The highest BCUT2D eigenvalue weighted by Gasteiger charge is 2.54. The van der Waals surface area contributed by atoms with Crippen LogP contribution < -0.4 is 25.4 Å². The molecule has 2 aliphatic heterocycles. The van der Waals surface area contributed by atoms with Gasteiger partial charge in [0.2, 0.25) is 0 Å². The summed E-state index contributed by atoms with van der Waals surface area (Å²) in [5.41, 5.74) is 0.171. The topological polar surface area (TPSA) is 312 Å². The number of ether oxygens (including phenoxy) is 7. The number of anilines is 2. The predicted octanol–water partition coefficient (Wildman–Crippen LogP) is 11.9. The number of phosphoric acid groups is 1. The van der Waals surface area contributed by atoms with Crippen LogP contribution in [0.1, 0.15) is 93.8 Å². The second-order valence-electron chi connectivity index (χ2n) is 23.9. The van der Waals surface area contributed by atoms with Crippen molar-refractivity contribution in [2.45, 2.75) is 61.4 Å². The number of fused-ring (bicyclic) bond motifs is 1. The van der Waals surface area contributed by atoms with Gasteiger partial charge in [0, 0.05) is 29.3 Å². The average molecular weight is 1430 g/mol. The number of aromatic nitrogens is 6. The van der Waals surface area contributed by atoms with E-state index in [0.717, 1.165) is 15.8 Å². The second kappa shape index (κ2) is 32.4. The summed E-state index contributed by atoms with van der Waals surface area (Å²) >= 11 is 0. The summed E-state index contributed by atoms with van der Waals surface area (Å²) in [7, 11) is -2.06. The lowest BCUT2D eigenvalue weighted by atomic mass is 9.80. The van der Waals surface area contributed by atoms with Crippen LogP contribution in [0.2, 0.25) is 0 Å². The van der Waals surface area contributed by atoms with Crippen molar-refractivity contribution in [1.29, 1.82) is 5.26 Å². The first-order chi connectivity index (χ1) is 51.2. The third-order valence-electron chi connectivity index (χ3n) is 17.4. The van der Waals surface area contributed by atoms with E-state index in [-0.39, 0.29) is 64.5 Å². The maximum Gasteiger partial charge on any atom is 0.475 e. The number of esters is 2. The van der Waals surface area contributed by atoms with Gasteiger partial charge in [-0.25, -0.2) is 38.8 Å². The quantitative estimate of drug-likeness (QED) is 0.0164. The Morgan fingerprint density at radius 1 is 0.590 bits per heavy atom. The zero-order valence-corrected chi connectivity index (χ0v) is 57.2. The molecule has 8 atom stereocenters. The van der Waals surface area contributed by atoms with Gasteiger partial charge in [0.15, 0.2) is 35.4 Å². The van der Waals surface area contributed by atoms with E-state index in [1.54, 1.807) is 142 Å². The molecule has 2 fully saturated rings. The van der Waals surface area contributed by atoms with Gasteiger partial charge in [-0.15, -0.1) is 0 Å².